The van der Waals surface area contributed by atoms with Crippen molar-refractivity contribution in [2.45, 2.75) is 12.5 Å². The first kappa shape index (κ1) is 21.2. The lowest BCUT2D eigenvalue weighted by molar-refractivity contribution is -0.121. The average molecular weight is 428 g/mol. The van der Waals surface area contributed by atoms with Gasteiger partial charge in [0.1, 0.15) is 5.69 Å². The molecule has 6 heteroatoms. The molecule has 0 fully saturated rings. The Morgan fingerprint density at radius 2 is 1.50 bits per heavy atom. The van der Waals surface area contributed by atoms with Gasteiger partial charge >= 0.3 is 0 Å². The second-order valence-corrected chi connectivity index (χ2v) is 7.22. The summed E-state index contributed by atoms with van der Waals surface area (Å²) in [5.41, 5.74) is 3.30. The van der Waals surface area contributed by atoms with E-state index in [0.717, 1.165) is 16.7 Å². The van der Waals surface area contributed by atoms with E-state index in [2.05, 4.69) is 10.5 Å². The predicted octanol–water partition coefficient (Wildman–Crippen LogP) is 4.81. The molecule has 1 aromatic heterocycles. The maximum absolute atomic E-state index is 13.1. The van der Waals surface area contributed by atoms with Gasteiger partial charge in [-0.25, -0.2) is 0 Å². The summed E-state index contributed by atoms with van der Waals surface area (Å²) in [7, 11) is 3.17. The van der Waals surface area contributed by atoms with Crippen LogP contribution in [-0.2, 0) is 11.3 Å². The number of aromatic nitrogens is 1. The molecule has 1 amide bonds. The molecule has 0 spiro atoms. The average Bonchev–Trinajstić information content (AvgIpc) is 3.33. The summed E-state index contributed by atoms with van der Waals surface area (Å²) < 4.78 is 16.1. The highest BCUT2D eigenvalue weighted by Crippen LogP contribution is 2.32. The molecule has 0 radical (unpaired) electrons. The van der Waals surface area contributed by atoms with E-state index in [0.29, 0.717) is 23.0 Å². The molecule has 6 nitrogen and oxygen atoms in total. The van der Waals surface area contributed by atoms with Crippen molar-refractivity contribution >= 4 is 5.91 Å². The fourth-order valence-corrected chi connectivity index (χ4v) is 3.59. The molecule has 1 N–H and O–H groups in total. The van der Waals surface area contributed by atoms with Crippen molar-refractivity contribution in [3.8, 4) is 22.8 Å². The Labute approximate surface area is 186 Å². The zero-order chi connectivity index (χ0) is 22.3. The smallest absolute Gasteiger partial charge is 0.232 e. The van der Waals surface area contributed by atoms with Crippen molar-refractivity contribution in [1.82, 2.24) is 10.5 Å². The monoisotopic (exact) mass is 428 g/mol. The predicted molar refractivity (Wildman–Crippen MR) is 122 cm³/mol. The Morgan fingerprint density at radius 1 is 0.875 bits per heavy atom. The third kappa shape index (κ3) is 4.64. The number of benzene rings is 3. The van der Waals surface area contributed by atoms with E-state index in [1.807, 2.05) is 84.9 Å². The molecule has 0 bridgehead atoms. The van der Waals surface area contributed by atoms with E-state index >= 15 is 0 Å². The normalized spacial score (nSPS) is 10.7. The molecule has 1 heterocycles. The van der Waals surface area contributed by atoms with Crippen molar-refractivity contribution in [3.05, 3.63) is 102 Å². The maximum atomic E-state index is 13.1. The van der Waals surface area contributed by atoms with Crippen LogP contribution in [-0.4, -0.2) is 25.3 Å². The number of amides is 1. The van der Waals surface area contributed by atoms with E-state index in [9.17, 15) is 4.79 Å². The van der Waals surface area contributed by atoms with E-state index in [1.165, 1.54) is 0 Å². The fourth-order valence-electron chi connectivity index (χ4n) is 3.59. The lowest BCUT2D eigenvalue weighted by atomic mass is 9.90. The number of methoxy groups -OCH3 is 2. The van der Waals surface area contributed by atoms with Crippen LogP contribution >= 0.6 is 0 Å². The second-order valence-electron chi connectivity index (χ2n) is 7.22. The van der Waals surface area contributed by atoms with Crippen LogP contribution in [0, 0.1) is 0 Å². The van der Waals surface area contributed by atoms with Gasteiger partial charge in [0.05, 0.1) is 26.7 Å². The first-order chi connectivity index (χ1) is 15.7. The topological polar surface area (TPSA) is 73.6 Å². The molecule has 0 aliphatic heterocycles. The first-order valence-corrected chi connectivity index (χ1v) is 10.2. The summed E-state index contributed by atoms with van der Waals surface area (Å²) in [5.74, 6) is 1.31. The number of nitrogens with one attached hydrogen (secondary N) is 1. The summed E-state index contributed by atoms with van der Waals surface area (Å²) >= 11 is 0. The molecule has 0 aliphatic rings. The van der Waals surface area contributed by atoms with Crippen LogP contribution in [0.5, 0.6) is 11.5 Å². The van der Waals surface area contributed by atoms with Gasteiger partial charge in [-0.2, -0.15) is 0 Å². The van der Waals surface area contributed by atoms with Gasteiger partial charge < -0.3 is 19.3 Å². The molecule has 162 valence electrons. The summed E-state index contributed by atoms with van der Waals surface area (Å²) in [5, 5.41) is 7.10. The second kappa shape index (κ2) is 9.83. The highest BCUT2D eigenvalue weighted by molar-refractivity contribution is 5.87. The molecule has 4 aromatic rings. The highest BCUT2D eigenvalue weighted by Gasteiger charge is 2.22. The molecule has 4 rings (SSSR count). The molecule has 3 aromatic carbocycles. The lowest BCUT2D eigenvalue weighted by Crippen LogP contribution is -2.29. The van der Waals surface area contributed by atoms with Crippen LogP contribution in [0.15, 0.2) is 89.5 Å². The summed E-state index contributed by atoms with van der Waals surface area (Å²) in [6, 6.07) is 26.8. The minimum atomic E-state index is -0.408. The number of hydrogen-bond donors (Lipinski definition) is 1. The first-order valence-electron chi connectivity index (χ1n) is 10.2. The van der Waals surface area contributed by atoms with Crippen molar-refractivity contribution in [1.29, 1.82) is 0 Å². The third-order valence-corrected chi connectivity index (χ3v) is 5.20. The molecule has 32 heavy (non-hydrogen) atoms. The zero-order valence-corrected chi connectivity index (χ0v) is 17.9. The minimum absolute atomic E-state index is 0.0990. The summed E-state index contributed by atoms with van der Waals surface area (Å²) in [6.45, 7) is 0.256. The van der Waals surface area contributed by atoms with Gasteiger partial charge in [-0.3, -0.25) is 4.79 Å². The van der Waals surface area contributed by atoms with Crippen molar-refractivity contribution in [3.63, 3.8) is 0 Å². The third-order valence-electron chi connectivity index (χ3n) is 5.20. The number of hydrogen-bond acceptors (Lipinski definition) is 5. The molecular formula is C26H24N2O4. The Balaban J connectivity index is 1.50. The van der Waals surface area contributed by atoms with Crippen LogP contribution < -0.4 is 14.8 Å². The maximum Gasteiger partial charge on any atom is 0.232 e. The molecule has 0 saturated carbocycles. The lowest BCUT2D eigenvalue weighted by Gasteiger charge is -2.17. The van der Waals surface area contributed by atoms with Crippen LogP contribution in [0.3, 0.4) is 0 Å². The largest absolute Gasteiger partial charge is 0.493 e. The fraction of sp³-hybridized carbons (Fsp3) is 0.154. The Kier molecular flexibility index (Phi) is 6.51. The van der Waals surface area contributed by atoms with Gasteiger partial charge in [0.25, 0.3) is 0 Å². The molecule has 0 aliphatic carbocycles. The molecule has 0 atom stereocenters. The number of carbonyl (C=O) groups excluding carboxylic acids is 1. The standard InChI is InChI=1S/C26H24N2O4/c1-30-22-14-13-20(15-24(22)31-2)23-16-21(28-32-23)17-27-26(29)25(18-9-5-3-6-10-18)19-11-7-4-8-12-19/h3-16,25H,17H2,1-2H3,(H,27,29). The van der Waals surface area contributed by atoms with E-state index in [4.69, 9.17) is 14.0 Å². The Morgan fingerprint density at radius 3 is 2.09 bits per heavy atom. The van der Waals surface area contributed by atoms with Crippen molar-refractivity contribution < 1.29 is 18.8 Å². The summed E-state index contributed by atoms with van der Waals surface area (Å²) in [4.78, 5) is 13.1. The van der Waals surface area contributed by atoms with E-state index in [-0.39, 0.29) is 12.5 Å². The van der Waals surface area contributed by atoms with Crippen molar-refractivity contribution in [2.75, 3.05) is 14.2 Å². The van der Waals surface area contributed by atoms with Crippen molar-refractivity contribution in [2.24, 2.45) is 0 Å². The number of rotatable bonds is 8. The summed E-state index contributed by atoms with van der Waals surface area (Å²) in [6.07, 6.45) is 0. The van der Waals surface area contributed by atoms with Gasteiger partial charge in [-0.15, -0.1) is 0 Å². The van der Waals surface area contributed by atoms with Crippen LogP contribution in [0.2, 0.25) is 0 Å². The molecule has 0 saturated heterocycles. The van der Waals surface area contributed by atoms with Gasteiger partial charge in [0, 0.05) is 11.6 Å². The Hall–Kier alpha value is -4.06. The quantitative estimate of drug-likeness (QED) is 0.436. The molecular weight excluding hydrogens is 404 g/mol. The highest BCUT2D eigenvalue weighted by atomic mass is 16.5. The molecule has 0 unspecified atom stereocenters. The van der Waals surface area contributed by atoms with E-state index in [1.54, 1.807) is 14.2 Å². The van der Waals surface area contributed by atoms with E-state index < -0.39 is 5.92 Å². The van der Waals surface area contributed by atoms with Crippen LogP contribution in [0.1, 0.15) is 22.7 Å². The van der Waals surface area contributed by atoms with Gasteiger partial charge in [-0.05, 0) is 29.3 Å². The van der Waals surface area contributed by atoms with Crippen LogP contribution in [0.25, 0.3) is 11.3 Å². The van der Waals surface area contributed by atoms with Gasteiger partial charge in [-0.1, -0.05) is 65.8 Å². The number of carbonyl (C=O) groups is 1. The van der Waals surface area contributed by atoms with Gasteiger partial charge in [0.15, 0.2) is 17.3 Å². The van der Waals surface area contributed by atoms with Gasteiger partial charge in [0.2, 0.25) is 5.91 Å². The number of nitrogens with zero attached hydrogens (tertiary/aromatic N) is 1. The number of ether oxygens (including phenoxy) is 2. The minimum Gasteiger partial charge on any atom is -0.493 e. The zero-order valence-electron chi connectivity index (χ0n) is 17.9. The SMILES string of the molecule is COc1ccc(-c2cc(CNC(=O)C(c3ccccc3)c3ccccc3)no2)cc1OC. The van der Waals surface area contributed by atoms with Crippen LogP contribution in [0.4, 0.5) is 0 Å². The Bertz CT molecular complexity index is 1130.